The van der Waals surface area contributed by atoms with Crippen LogP contribution >= 0.6 is 11.3 Å². The van der Waals surface area contributed by atoms with E-state index in [1.54, 1.807) is 7.05 Å². The number of hydrogen-bond donors (Lipinski definition) is 2. The number of thiophene rings is 1. The molecule has 2 atom stereocenters. The Morgan fingerprint density at radius 3 is 2.53 bits per heavy atom. The molecule has 0 bridgehead atoms. The smallest absolute Gasteiger partial charge is 0.263 e. The quantitative estimate of drug-likeness (QED) is 0.862. The number of carbonyl (C=O) groups excluding carboxylic acids is 1. The molecule has 1 aromatic rings. The highest BCUT2D eigenvalue weighted by Gasteiger charge is 2.31. The number of nitrogens with two attached hydrogens (primary N) is 1. The van der Waals surface area contributed by atoms with Gasteiger partial charge in [-0.15, -0.1) is 11.3 Å². The average Bonchev–Trinajstić information content (AvgIpc) is 2.89. The molecule has 2 unspecified atom stereocenters. The maximum atomic E-state index is 11.8. The van der Waals surface area contributed by atoms with Crippen LogP contribution < -0.4 is 16.0 Å². The van der Waals surface area contributed by atoms with Crippen LogP contribution in [0, 0.1) is 23.2 Å². The van der Waals surface area contributed by atoms with Gasteiger partial charge in [0.1, 0.15) is 21.5 Å². The molecule has 0 aliphatic carbocycles. The molecule has 0 aromatic carbocycles. The third kappa shape index (κ3) is 2.26. The summed E-state index contributed by atoms with van der Waals surface area (Å²) in [7, 11) is 1.56. The first-order valence-corrected chi connectivity index (χ1v) is 7.10. The van der Waals surface area contributed by atoms with Gasteiger partial charge in [-0.1, -0.05) is 13.8 Å². The van der Waals surface area contributed by atoms with Gasteiger partial charge in [0, 0.05) is 20.1 Å². The van der Waals surface area contributed by atoms with Crippen LogP contribution in [0.2, 0.25) is 0 Å². The third-order valence-corrected chi connectivity index (χ3v) is 5.01. The summed E-state index contributed by atoms with van der Waals surface area (Å²) < 4.78 is 0. The van der Waals surface area contributed by atoms with Crippen LogP contribution in [0.5, 0.6) is 0 Å². The summed E-state index contributed by atoms with van der Waals surface area (Å²) in [5.41, 5.74) is 6.66. The van der Waals surface area contributed by atoms with Gasteiger partial charge in [-0.25, -0.2) is 0 Å². The van der Waals surface area contributed by atoms with Crippen LogP contribution in [-0.2, 0) is 0 Å². The van der Waals surface area contributed by atoms with Crippen LogP contribution in [0.25, 0.3) is 0 Å². The molecule has 19 heavy (non-hydrogen) atoms. The second-order valence-corrected chi connectivity index (χ2v) is 6.07. The maximum Gasteiger partial charge on any atom is 0.263 e. The van der Waals surface area contributed by atoms with Gasteiger partial charge < -0.3 is 16.0 Å². The van der Waals surface area contributed by atoms with Crippen LogP contribution in [0.15, 0.2) is 0 Å². The fourth-order valence-electron chi connectivity index (χ4n) is 2.34. The van der Waals surface area contributed by atoms with E-state index in [4.69, 9.17) is 5.73 Å². The van der Waals surface area contributed by atoms with Crippen LogP contribution in [0.1, 0.15) is 29.1 Å². The van der Waals surface area contributed by atoms with Crippen molar-refractivity contribution >= 4 is 27.9 Å². The summed E-state index contributed by atoms with van der Waals surface area (Å²) >= 11 is 1.31. The Balaban J connectivity index is 2.42. The minimum absolute atomic E-state index is 0.231. The molecule has 2 heterocycles. The van der Waals surface area contributed by atoms with Crippen molar-refractivity contribution in [2.45, 2.75) is 13.8 Å². The molecule has 1 aliphatic heterocycles. The first-order valence-electron chi connectivity index (χ1n) is 6.29. The lowest BCUT2D eigenvalue weighted by Gasteiger charge is -2.16. The average molecular weight is 278 g/mol. The summed E-state index contributed by atoms with van der Waals surface area (Å²) in [6, 6.07) is 2.13. The molecule has 1 saturated heterocycles. The van der Waals surface area contributed by atoms with Crippen LogP contribution in [0.4, 0.5) is 10.7 Å². The van der Waals surface area contributed by atoms with E-state index >= 15 is 0 Å². The maximum absolute atomic E-state index is 11.8. The number of hydrogen-bond acceptors (Lipinski definition) is 5. The lowest BCUT2D eigenvalue weighted by Crippen LogP contribution is -2.19. The van der Waals surface area contributed by atoms with Gasteiger partial charge in [0.2, 0.25) is 0 Å². The van der Waals surface area contributed by atoms with Gasteiger partial charge in [-0.3, -0.25) is 4.79 Å². The highest BCUT2D eigenvalue weighted by atomic mass is 32.1. The van der Waals surface area contributed by atoms with Crippen molar-refractivity contribution in [1.29, 1.82) is 5.26 Å². The Labute approximate surface area is 117 Å². The van der Waals surface area contributed by atoms with Crippen LogP contribution in [0.3, 0.4) is 0 Å². The number of amides is 1. The number of rotatable bonds is 2. The first kappa shape index (κ1) is 13.7. The van der Waals surface area contributed by atoms with E-state index in [1.165, 1.54) is 11.3 Å². The molecule has 1 aliphatic rings. The summed E-state index contributed by atoms with van der Waals surface area (Å²) in [5.74, 6) is 0.933. The lowest BCUT2D eigenvalue weighted by atomic mass is 10.0. The number of nitrogens with zero attached hydrogens (tertiary/aromatic N) is 2. The molecule has 0 saturated carbocycles. The molecule has 0 spiro atoms. The van der Waals surface area contributed by atoms with Crippen LogP contribution in [-0.4, -0.2) is 26.0 Å². The molecule has 2 rings (SSSR count). The highest BCUT2D eigenvalue weighted by Crippen LogP contribution is 2.40. The van der Waals surface area contributed by atoms with Crippen molar-refractivity contribution in [2.75, 3.05) is 30.8 Å². The molecular weight excluding hydrogens is 260 g/mol. The molecule has 5 nitrogen and oxygen atoms in total. The summed E-state index contributed by atoms with van der Waals surface area (Å²) in [4.78, 5) is 14.4. The van der Waals surface area contributed by atoms with Gasteiger partial charge in [-0.2, -0.15) is 5.26 Å². The monoisotopic (exact) mass is 278 g/mol. The van der Waals surface area contributed by atoms with Gasteiger partial charge in [-0.05, 0) is 11.8 Å². The molecule has 0 radical (unpaired) electrons. The van der Waals surface area contributed by atoms with Crippen molar-refractivity contribution in [3.05, 3.63) is 10.4 Å². The van der Waals surface area contributed by atoms with E-state index in [2.05, 4.69) is 30.1 Å². The van der Waals surface area contributed by atoms with E-state index in [0.717, 1.165) is 18.1 Å². The molecule has 1 amide bonds. The number of nitriles is 1. The molecule has 102 valence electrons. The summed E-state index contributed by atoms with van der Waals surface area (Å²) in [6.07, 6.45) is 0. The molecule has 1 fully saturated rings. The Morgan fingerprint density at radius 1 is 1.47 bits per heavy atom. The van der Waals surface area contributed by atoms with Crippen molar-refractivity contribution in [3.63, 3.8) is 0 Å². The second-order valence-electron chi connectivity index (χ2n) is 5.08. The van der Waals surface area contributed by atoms with Gasteiger partial charge in [0.25, 0.3) is 5.91 Å². The molecule has 6 heteroatoms. The molecular formula is C13H18N4OS. The van der Waals surface area contributed by atoms with E-state index in [9.17, 15) is 10.1 Å². The zero-order chi connectivity index (χ0) is 14.2. The van der Waals surface area contributed by atoms with E-state index < -0.39 is 0 Å². The minimum atomic E-state index is -0.231. The van der Waals surface area contributed by atoms with Crippen molar-refractivity contribution < 1.29 is 4.79 Å². The molecule has 3 N–H and O–H groups in total. The van der Waals surface area contributed by atoms with Crippen molar-refractivity contribution in [2.24, 2.45) is 11.8 Å². The zero-order valence-corrected chi connectivity index (χ0v) is 12.2. The van der Waals surface area contributed by atoms with E-state index in [1.807, 2.05) is 0 Å². The fourth-order valence-corrected chi connectivity index (χ4v) is 3.48. The fraction of sp³-hybridized carbons (Fsp3) is 0.538. The molecule has 1 aromatic heterocycles. The number of anilines is 2. The van der Waals surface area contributed by atoms with Crippen molar-refractivity contribution in [1.82, 2.24) is 5.32 Å². The van der Waals surface area contributed by atoms with E-state index in [-0.39, 0.29) is 5.91 Å². The Kier molecular flexibility index (Phi) is 3.67. The topological polar surface area (TPSA) is 82.2 Å². The Hall–Kier alpha value is -1.74. The van der Waals surface area contributed by atoms with Gasteiger partial charge >= 0.3 is 0 Å². The second kappa shape index (κ2) is 5.10. The largest absolute Gasteiger partial charge is 0.396 e. The van der Waals surface area contributed by atoms with Crippen molar-refractivity contribution in [3.8, 4) is 6.07 Å². The first-order chi connectivity index (χ1) is 8.99. The predicted octanol–water partition coefficient (Wildman–Crippen LogP) is 1.65. The Bertz CT molecular complexity index is 536. The normalized spacial score (nSPS) is 22.3. The van der Waals surface area contributed by atoms with Gasteiger partial charge in [0.05, 0.1) is 5.69 Å². The van der Waals surface area contributed by atoms with E-state index in [0.29, 0.717) is 28.0 Å². The SMILES string of the molecule is CNC(=O)c1sc(N2CC(C)C(C)C2)c(C#N)c1N. The third-order valence-electron chi connectivity index (χ3n) is 3.75. The summed E-state index contributed by atoms with van der Waals surface area (Å²) in [6.45, 7) is 6.21. The lowest BCUT2D eigenvalue weighted by molar-refractivity contribution is 0.0968. The Morgan fingerprint density at radius 2 is 2.05 bits per heavy atom. The predicted molar refractivity (Wildman–Crippen MR) is 77.4 cm³/mol. The number of nitrogens with one attached hydrogen (secondary N) is 1. The van der Waals surface area contributed by atoms with Gasteiger partial charge in [0.15, 0.2) is 0 Å². The summed E-state index contributed by atoms with van der Waals surface area (Å²) in [5, 5.41) is 12.7. The highest BCUT2D eigenvalue weighted by molar-refractivity contribution is 7.19. The number of nitrogen functional groups attached to an aromatic ring is 1. The number of carbonyl (C=O) groups is 1. The minimum Gasteiger partial charge on any atom is -0.396 e. The zero-order valence-electron chi connectivity index (χ0n) is 11.4. The standard InChI is InChI=1S/C13H18N4OS/c1-7-5-17(6-8(7)2)13-9(4-14)10(15)11(19-13)12(18)16-3/h7-8H,5-6,15H2,1-3H3,(H,16,18).